The molecule has 1 rings (SSSR count). The first kappa shape index (κ1) is 15.8. The largest absolute Gasteiger partial charge is 0.161 e. The van der Waals surface area contributed by atoms with Crippen molar-refractivity contribution in [2.75, 3.05) is 51.8 Å². The summed E-state index contributed by atoms with van der Waals surface area (Å²) in [7, 11) is 0. The van der Waals surface area contributed by atoms with E-state index in [0.717, 1.165) is 5.25 Å². The van der Waals surface area contributed by atoms with Gasteiger partial charge in [0.05, 0.1) is 0 Å². The van der Waals surface area contributed by atoms with Crippen molar-refractivity contribution >= 4 is 58.8 Å². The topological polar surface area (TPSA) is 0 Å². The van der Waals surface area contributed by atoms with Crippen LogP contribution in [-0.2, 0) is 0 Å². The number of rotatable bonds is 11. The van der Waals surface area contributed by atoms with Crippen molar-refractivity contribution in [2.24, 2.45) is 0 Å². The van der Waals surface area contributed by atoms with Crippen molar-refractivity contribution in [3.05, 3.63) is 0 Å². The van der Waals surface area contributed by atoms with Crippen molar-refractivity contribution in [1.82, 2.24) is 0 Å². The maximum Gasteiger partial charge on any atom is 0.0229 e. The number of thioether (sulfide) groups is 5. The van der Waals surface area contributed by atoms with E-state index in [1.54, 1.807) is 0 Å². The fourth-order valence-corrected chi connectivity index (χ4v) is 6.72. The van der Waals surface area contributed by atoms with E-state index in [2.05, 4.69) is 65.7 Å². The summed E-state index contributed by atoms with van der Waals surface area (Å²) in [6.07, 6.45) is 0. The van der Waals surface area contributed by atoms with Crippen LogP contribution < -0.4 is 0 Å². The third-order valence-electron chi connectivity index (χ3n) is 2.14. The number of hydrogen-bond donors (Lipinski definition) is 0. The molecule has 1 heterocycles. The van der Waals surface area contributed by atoms with Gasteiger partial charge >= 0.3 is 0 Å². The molecule has 0 aromatic carbocycles. The van der Waals surface area contributed by atoms with Crippen LogP contribution >= 0.6 is 58.8 Å². The molecule has 0 unspecified atom stereocenters. The van der Waals surface area contributed by atoms with E-state index in [0.29, 0.717) is 0 Å². The lowest BCUT2D eigenvalue weighted by molar-refractivity contribution is 1.08. The molecule has 0 bridgehead atoms. The second-order valence-corrected chi connectivity index (χ2v) is 9.78. The van der Waals surface area contributed by atoms with Gasteiger partial charge in [0.15, 0.2) is 0 Å². The average Bonchev–Trinajstić information content (AvgIpc) is 2.23. The van der Waals surface area contributed by atoms with Gasteiger partial charge in [0.25, 0.3) is 0 Å². The van der Waals surface area contributed by atoms with Crippen molar-refractivity contribution < 1.29 is 0 Å². The van der Waals surface area contributed by atoms with E-state index in [4.69, 9.17) is 0 Å². The first-order chi connectivity index (χ1) is 7.93. The summed E-state index contributed by atoms with van der Waals surface area (Å²) in [4.78, 5) is 0. The molecule has 0 aromatic rings. The van der Waals surface area contributed by atoms with Crippen LogP contribution in [0.4, 0.5) is 0 Å². The minimum Gasteiger partial charge on any atom is -0.161 e. The van der Waals surface area contributed by atoms with Crippen molar-refractivity contribution in [2.45, 2.75) is 12.2 Å². The van der Waals surface area contributed by atoms with E-state index in [1.165, 1.54) is 51.8 Å². The molecule has 1 aliphatic rings. The molecular formula is C11H22S5. The summed E-state index contributed by atoms with van der Waals surface area (Å²) < 4.78 is 0. The lowest BCUT2D eigenvalue weighted by Gasteiger charge is -2.23. The zero-order valence-electron chi connectivity index (χ0n) is 9.98. The van der Waals surface area contributed by atoms with Gasteiger partial charge in [-0.05, 0) is 5.75 Å². The van der Waals surface area contributed by atoms with Crippen molar-refractivity contribution in [3.8, 4) is 0 Å². The summed E-state index contributed by atoms with van der Waals surface area (Å²) in [6, 6.07) is 0. The van der Waals surface area contributed by atoms with Crippen LogP contribution in [0.1, 0.15) is 6.92 Å². The molecule has 1 saturated heterocycles. The highest BCUT2D eigenvalue weighted by atomic mass is 32.2. The van der Waals surface area contributed by atoms with Crippen molar-refractivity contribution in [1.29, 1.82) is 0 Å². The van der Waals surface area contributed by atoms with E-state index in [9.17, 15) is 0 Å². The quantitative estimate of drug-likeness (QED) is 0.526. The molecule has 0 saturated carbocycles. The smallest absolute Gasteiger partial charge is 0.0229 e. The molecule has 0 spiro atoms. The second-order valence-electron chi connectivity index (χ2n) is 3.45. The average molecular weight is 315 g/mol. The summed E-state index contributed by atoms with van der Waals surface area (Å²) in [5.41, 5.74) is 0. The van der Waals surface area contributed by atoms with Gasteiger partial charge in [0.1, 0.15) is 0 Å². The molecule has 5 heteroatoms. The van der Waals surface area contributed by atoms with Crippen LogP contribution in [0.2, 0.25) is 0 Å². The Kier molecular flexibility index (Phi) is 11.7. The maximum absolute atomic E-state index is 2.24. The van der Waals surface area contributed by atoms with Gasteiger partial charge < -0.3 is 0 Å². The molecule has 0 amide bonds. The molecule has 0 nitrogen and oxygen atoms in total. The summed E-state index contributed by atoms with van der Waals surface area (Å²) in [5, 5.41) is 0.992. The monoisotopic (exact) mass is 314 g/mol. The Bertz CT molecular complexity index is 149. The second kappa shape index (κ2) is 11.8. The molecule has 0 N–H and O–H groups in total. The Balaban J connectivity index is 1.65. The predicted molar refractivity (Wildman–Crippen MR) is 91.2 cm³/mol. The molecule has 1 fully saturated rings. The molecule has 0 aromatic heterocycles. The Labute approximate surface area is 122 Å². The molecule has 0 atom stereocenters. The van der Waals surface area contributed by atoms with Crippen LogP contribution in [0.5, 0.6) is 0 Å². The third-order valence-corrected chi connectivity index (χ3v) is 8.73. The van der Waals surface area contributed by atoms with E-state index < -0.39 is 0 Å². The highest BCUT2D eigenvalue weighted by Gasteiger charge is 2.17. The molecule has 0 radical (unpaired) electrons. The van der Waals surface area contributed by atoms with Crippen molar-refractivity contribution in [3.63, 3.8) is 0 Å². The lowest BCUT2D eigenvalue weighted by atomic mass is 10.5. The van der Waals surface area contributed by atoms with E-state index in [-0.39, 0.29) is 0 Å². The Morgan fingerprint density at radius 2 is 1.44 bits per heavy atom. The first-order valence-electron chi connectivity index (χ1n) is 5.86. The zero-order valence-corrected chi connectivity index (χ0v) is 14.1. The molecule has 16 heavy (non-hydrogen) atoms. The maximum atomic E-state index is 2.24. The molecule has 1 aliphatic heterocycles. The van der Waals surface area contributed by atoms with Crippen LogP contribution in [0.25, 0.3) is 0 Å². The Morgan fingerprint density at radius 1 is 0.875 bits per heavy atom. The summed E-state index contributed by atoms with van der Waals surface area (Å²) in [5.74, 6) is 12.2. The predicted octanol–water partition coefficient (Wildman–Crippen LogP) is 4.05. The van der Waals surface area contributed by atoms with Crippen LogP contribution in [0.15, 0.2) is 0 Å². The highest BCUT2D eigenvalue weighted by Crippen LogP contribution is 2.29. The van der Waals surface area contributed by atoms with Gasteiger partial charge in [-0.3, -0.25) is 0 Å². The van der Waals surface area contributed by atoms with Gasteiger partial charge in [-0.1, -0.05) is 6.92 Å². The molecule has 96 valence electrons. The van der Waals surface area contributed by atoms with Crippen LogP contribution in [0.3, 0.4) is 0 Å². The third kappa shape index (κ3) is 8.78. The first-order valence-corrected chi connectivity index (χ1v) is 11.5. The summed E-state index contributed by atoms with van der Waals surface area (Å²) >= 11 is 10.6. The molecular weight excluding hydrogens is 292 g/mol. The zero-order chi connectivity index (χ0) is 11.5. The highest BCUT2D eigenvalue weighted by molar-refractivity contribution is 8.08. The van der Waals surface area contributed by atoms with Crippen LogP contribution in [0, 0.1) is 0 Å². The van der Waals surface area contributed by atoms with Gasteiger partial charge in [0.2, 0.25) is 0 Å². The Morgan fingerprint density at radius 3 is 1.94 bits per heavy atom. The summed E-state index contributed by atoms with van der Waals surface area (Å²) in [6.45, 7) is 2.24. The molecule has 0 aliphatic carbocycles. The van der Waals surface area contributed by atoms with E-state index >= 15 is 0 Å². The lowest BCUT2D eigenvalue weighted by Crippen LogP contribution is -2.21. The fraction of sp³-hybridized carbons (Fsp3) is 1.00. The fourth-order valence-electron chi connectivity index (χ4n) is 1.17. The van der Waals surface area contributed by atoms with Crippen LogP contribution in [-0.4, -0.2) is 57.0 Å². The van der Waals surface area contributed by atoms with E-state index in [1.807, 2.05) is 0 Å². The Hall–Kier alpha value is 1.75. The normalized spacial score (nSPS) is 16.3. The minimum atomic E-state index is 0.992. The van der Waals surface area contributed by atoms with Gasteiger partial charge in [-0.2, -0.15) is 58.8 Å². The standard InChI is InChI=1S/C11H22S5/c1-2-12-3-4-13-5-6-14-7-8-16-11-9-15-10-11/h11H,2-10H2,1H3. The minimum absolute atomic E-state index is 0.992. The van der Waals surface area contributed by atoms with Gasteiger partial charge in [0, 0.05) is 51.3 Å². The SMILES string of the molecule is CCSCCSCCSCCSC1CSC1. The van der Waals surface area contributed by atoms with Gasteiger partial charge in [-0.15, -0.1) is 0 Å². The van der Waals surface area contributed by atoms with Gasteiger partial charge in [-0.25, -0.2) is 0 Å². The number of hydrogen-bond acceptors (Lipinski definition) is 5.